The van der Waals surface area contributed by atoms with Crippen LogP contribution < -0.4 is 9.64 Å². The predicted octanol–water partition coefficient (Wildman–Crippen LogP) is 3.49. The second-order valence-corrected chi connectivity index (χ2v) is 6.23. The van der Waals surface area contributed by atoms with Gasteiger partial charge in [0.1, 0.15) is 11.6 Å². The molecule has 0 unspecified atom stereocenters. The Hall–Kier alpha value is -2.10. The van der Waals surface area contributed by atoms with E-state index in [0.717, 1.165) is 60.0 Å². The van der Waals surface area contributed by atoms with Gasteiger partial charge in [-0.05, 0) is 51.7 Å². The number of rotatable bonds is 5. The lowest BCUT2D eigenvalue weighted by Crippen LogP contribution is -2.19. The summed E-state index contributed by atoms with van der Waals surface area (Å²) in [6.07, 6.45) is 6.24. The first kappa shape index (κ1) is 15.8. The monoisotopic (exact) mass is 311 g/mol. The highest BCUT2D eigenvalue weighted by atomic mass is 16.5. The third-order valence-corrected chi connectivity index (χ3v) is 4.59. The number of anilines is 1. The van der Waals surface area contributed by atoms with E-state index in [-0.39, 0.29) is 0 Å². The molecule has 4 heteroatoms. The lowest BCUT2D eigenvalue weighted by Gasteiger charge is -2.17. The smallest absolute Gasteiger partial charge is 0.128 e. The fourth-order valence-corrected chi connectivity index (χ4v) is 3.30. The Morgan fingerprint density at radius 3 is 2.65 bits per heavy atom. The summed E-state index contributed by atoms with van der Waals surface area (Å²) in [4.78, 5) is 11.8. The molecular weight excluding hydrogens is 286 g/mol. The average molecular weight is 311 g/mol. The van der Waals surface area contributed by atoms with Gasteiger partial charge in [-0.3, -0.25) is 4.98 Å². The number of ether oxygens (including phenoxy) is 1. The highest BCUT2D eigenvalue weighted by Gasteiger charge is 2.14. The minimum Gasteiger partial charge on any atom is -0.496 e. The van der Waals surface area contributed by atoms with E-state index in [1.165, 1.54) is 12.8 Å². The molecule has 1 fully saturated rings. The van der Waals surface area contributed by atoms with Crippen LogP contribution in [0.25, 0.3) is 0 Å². The van der Waals surface area contributed by atoms with Crippen molar-refractivity contribution in [3.8, 4) is 5.75 Å². The second kappa shape index (κ2) is 6.99. The van der Waals surface area contributed by atoms with Crippen molar-refractivity contribution in [2.24, 2.45) is 0 Å². The van der Waals surface area contributed by atoms with Gasteiger partial charge in [-0.2, -0.15) is 0 Å². The van der Waals surface area contributed by atoms with Gasteiger partial charge in [0, 0.05) is 41.8 Å². The molecule has 0 N–H and O–H groups in total. The summed E-state index contributed by atoms with van der Waals surface area (Å²) in [5.74, 6) is 2.07. The molecule has 23 heavy (non-hydrogen) atoms. The van der Waals surface area contributed by atoms with Crippen LogP contribution in [0.5, 0.6) is 5.75 Å². The zero-order valence-corrected chi connectivity index (χ0v) is 14.3. The van der Waals surface area contributed by atoms with Crippen molar-refractivity contribution >= 4 is 5.82 Å². The van der Waals surface area contributed by atoms with Crippen LogP contribution in [0, 0.1) is 13.8 Å². The maximum atomic E-state index is 5.49. The molecule has 0 aromatic carbocycles. The van der Waals surface area contributed by atoms with Crippen LogP contribution in [0.1, 0.15) is 35.4 Å². The minimum absolute atomic E-state index is 0.888. The van der Waals surface area contributed by atoms with Crippen LogP contribution >= 0.6 is 0 Å². The zero-order valence-electron chi connectivity index (χ0n) is 14.3. The van der Waals surface area contributed by atoms with Gasteiger partial charge in [0.05, 0.1) is 7.11 Å². The Balaban J connectivity index is 1.72. The largest absolute Gasteiger partial charge is 0.496 e. The highest BCUT2D eigenvalue weighted by molar-refractivity contribution is 5.42. The molecule has 1 saturated heterocycles. The van der Waals surface area contributed by atoms with Crippen molar-refractivity contribution in [2.75, 3.05) is 25.1 Å². The van der Waals surface area contributed by atoms with Crippen LogP contribution in [0.3, 0.4) is 0 Å². The van der Waals surface area contributed by atoms with Gasteiger partial charge in [0.15, 0.2) is 0 Å². The molecule has 3 heterocycles. The topological polar surface area (TPSA) is 38.2 Å². The summed E-state index contributed by atoms with van der Waals surface area (Å²) >= 11 is 0. The molecule has 1 aliphatic rings. The first-order valence-corrected chi connectivity index (χ1v) is 8.39. The van der Waals surface area contributed by atoms with Gasteiger partial charge in [0.25, 0.3) is 0 Å². The first-order valence-electron chi connectivity index (χ1n) is 8.39. The second-order valence-electron chi connectivity index (χ2n) is 6.23. The fourth-order valence-electron chi connectivity index (χ4n) is 3.30. The molecule has 4 nitrogen and oxygen atoms in total. The van der Waals surface area contributed by atoms with E-state index in [1.807, 2.05) is 13.1 Å². The molecule has 0 amide bonds. The lowest BCUT2D eigenvalue weighted by molar-refractivity contribution is 0.407. The maximum absolute atomic E-state index is 5.49. The summed E-state index contributed by atoms with van der Waals surface area (Å²) in [7, 11) is 1.72. The quantitative estimate of drug-likeness (QED) is 0.847. The number of methoxy groups -OCH3 is 1. The summed E-state index contributed by atoms with van der Waals surface area (Å²) < 4.78 is 5.49. The molecular formula is C19H25N3O. The van der Waals surface area contributed by atoms with Crippen molar-refractivity contribution in [2.45, 2.75) is 39.5 Å². The number of hydrogen-bond acceptors (Lipinski definition) is 4. The minimum atomic E-state index is 0.888. The van der Waals surface area contributed by atoms with Gasteiger partial charge in [-0.15, -0.1) is 0 Å². The molecule has 0 atom stereocenters. The molecule has 0 radical (unpaired) electrons. The summed E-state index contributed by atoms with van der Waals surface area (Å²) in [5, 5.41) is 0. The normalized spacial score (nSPS) is 14.3. The molecule has 3 rings (SSSR count). The third kappa shape index (κ3) is 3.46. The van der Waals surface area contributed by atoms with Crippen LogP contribution in [0.4, 0.5) is 5.82 Å². The van der Waals surface area contributed by atoms with Crippen molar-refractivity contribution in [3.63, 3.8) is 0 Å². The average Bonchev–Trinajstić information content (AvgIpc) is 3.09. The van der Waals surface area contributed by atoms with E-state index in [2.05, 4.69) is 35.0 Å². The Morgan fingerprint density at radius 2 is 1.91 bits per heavy atom. The Kier molecular flexibility index (Phi) is 4.79. The Bertz CT molecular complexity index is 678. The van der Waals surface area contributed by atoms with Gasteiger partial charge >= 0.3 is 0 Å². The van der Waals surface area contributed by atoms with Gasteiger partial charge in [-0.1, -0.05) is 6.07 Å². The zero-order chi connectivity index (χ0) is 16.2. The first-order chi connectivity index (χ1) is 11.2. The number of aryl methyl sites for hydroxylation is 3. The van der Waals surface area contributed by atoms with Crippen molar-refractivity contribution in [1.82, 2.24) is 9.97 Å². The van der Waals surface area contributed by atoms with E-state index < -0.39 is 0 Å². The Morgan fingerprint density at radius 1 is 1.13 bits per heavy atom. The van der Waals surface area contributed by atoms with E-state index >= 15 is 0 Å². The predicted molar refractivity (Wildman–Crippen MR) is 93.4 cm³/mol. The number of pyridine rings is 2. The van der Waals surface area contributed by atoms with E-state index in [0.29, 0.717) is 0 Å². The molecule has 2 aromatic heterocycles. The number of aromatic nitrogens is 2. The van der Waals surface area contributed by atoms with Crippen molar-refractivity contribution in [1.29, 1.82) is 0 Å². The molecule has 1 aliphatic heterocycles. The van der Waals surface area contributed by atoms with E-state index in [4.69, 9.17) is 9.72 Å². The third-order valence-electron chi connectivity index (χ3n) is 4.59. The van der Waals surface area contributed by atoms with E-state index in [1.54, 1.807) is 7.11 Å². The van der Waals surface area contributed by atoms with Crippen LogP contribution in [0.2, 0.25) is 0 Å². The van der Waals surface area contributed by atoms with Crippen molar-refractivity contribution in [3.05, 3.63) is 46.9 Å². The molecule has 122 valence electrons. The van der Waals surface area contributed by atoms with Gasteiger partial charge in [0.2, 0.25) is 0 Å². The highest BCUT2D eigenvalue weighted by Crippen LogP contribution is 2.25. The van der Waals surface area contributed by atoms with Crippen LogP contribution in [-0.2, 0) is 12.8 Å². The maximum Gasteiger partial charge on any atom is 0.128 e. The summed E-state index contributed by atoms with van der Waals surface area (Å²) in [6.45, 7) is 6.38. The summed E-state index contributed by atoms with van der Waals surface area (Å²) in [6, 6.07) is 6.35. The van der Waals surface area contributed by atoms with Crippen LogP contribution in [-0.4, -0.2) is 30.2 Å². The number of hydrogen-bond donors (Lipinski definition) is 0. The summed E-state index contributed by atoms with van der Waals surface area (Å²) in [5.41, 5.74) is 4.46. The molecule has 0 bridgehead atoms. The van der Waals surface area contributed by atoms with Gasteiger partial charge < -0.3 is 9.64 Å². The van der Waals surface area contributed by atoms with Crippen molar-refractivity contribution < 1.29 is 4.74 Å². The number of nitrogens with zero attached hydrogens (tertiary/aromatic N) is 3. The molecule has 0 spiro atoms. The standard InChI is InChI=1S/C19H25N3O/c1-14-13-20-17(15(2)19(14)23-3)10-9-16-7-6-8-18(21-16)22-11-4-5-12-22/h6-8,13H,4-5,9-12H2,1-3H3. The van der Waals surface area contributed by atoms with E-state index in [9.17, 15) is 0 Å². The van der Waals surface area contributed by atoms with Gasteiger partial charge in [-0.25, -0.2) is 4.98 Å². The fraction of sp³-hybridized carbons (Fsp3) is 0.474. The lowest BCUT2D eigenvalue weighted by atomic mass is 10.1. The Labute approximate surface area is 138 Å². The molecule has 0 aliphatic carbocycles. The molecule has 0 saturated carbocycles. The van der Waals surface area contributed by atoms with Crippen LogP contribution in [0.15, 0.2) is 24.4 Å². The SMILES string of the molecule is COc1c(C)cnc(CCc2cccc(N3CCCC3)n2)c1C. The molecule has 2 aromatic rings.